The predicted octanol–water partition coefficient (Wildman–Crippen LogP) is 4.81. The second-order valence-electron chi connectivity index (χ2n) is 7.73. The molecule has 1 fully saturated rings. The maximum absolute atomic E-state index is 14.6. The largest absolute Gasteiger partial charge is 0.380 e. The summed E-state index contributed by atoms with van der Waals surface area (Å²) in [5.41, 5.74) is 1.80. The first-order valence-corrected chi connectivity index (χ1v) is 10.1. The van der Waals surface area contributed by atoms with Gasteiger partial charge in [-0.1, -0.05) is 18.2 Å². The van der Waals surface area contributed by atoms with Crippen molar-refractivity contribution in [2.75, 3.05) is 30.4 Å². The fraction of sp³-hybridized carbons (Fsp3) is 0.409. The van der Waals surface area contributed by atoms with Gasteiger partial charge in [-0.15, -0.1) is 5.10 Å². The van der Waals surface area contributed by atoms with Crippen LogP contribution in [0.2, 0.25) is 0 Å². The van der Waals surface area contributed by atoms with Gasteiger partial charge in [0.2, 0.25) is 0 Å². The summed E-state index contributed by atoms with van der Waals surface area (Å²) in [6.45, 7) is 5.14. The average molecular weight is 431 g/mol. The molecule has 0 aliphatic carbocycles. The van der Waals surface area contributed by atoms with E-state index in [1.54, 1.807) is 20.2 Å². The van der Waals surface area contributed by atoms with Crippen LogP contribution in [0.5, 0.6) is 0 Å². The summed E-state index contributed by atoms with van der Waals surface area (Å²) >= 11 is 0. The first-order chi connectivity index (χ1) is 14.9. The molecule has 164 valence electrons. The number of alkyl halides is 2. The molecule has 0 saturated carbocycles. The van der Waals surface area contributed by atoms with E-state index in [9.17, 15) is 13.2 Å². The van der Waals surface area contributed by atoms with Gasteiger partial charge < -0.3 is 15.0 Å². The summed E-state index contributed by atoms with van der Waals surface area (Å²) in [6, 6.07) is 5.38. The van der Waals surface area contributed by atoms with Crippen molar-refractivity contribution in [1.29, 1.82) is 0 Å². The van der Waals surface area contributed by atoms with Crippen molar-refractivity contribution >= 4 is 22.4 Å². The van der Waals surface area contributed by atoms with Crippen LogP contribution in [0.25, 0.3) is 10.9 Å². The van der Waals surface area contributed by atoms with Gasteiger partial charge in [-0.3, -0.25) is 4.98 Å². The third-order valence-corrected chi connectivity index (χ3v) is 5.73. The number of fused-ring (bicyclic) bond motifs is 1. The van der Waals surface area contributed by atoms with E-state index in [1.165, 1.54) is 12.1 Å². The van der Waals surface area contributed by atoms with E-state index in [1.807, 2.05) is 13.0 Å². The molecular formula is C22H24F3N5O. The highest BCUT2D eigenvalue weighted by atomic mass is 19.3. The number of hydrogen-bond donors (Lipinski definition) is 1. The number of hydrogen-bond acceptors (Lipinski definition) is 6. The number of methoxy groups -OCH3 is 1. The second-order valence-corrected chi connectivity index (χ2v) is 7.73. The van der Waals surface area contributed by atoms with E-state index < -0.39 is 23.8 Å². The highest BCUT2D eigenvalue weighted by Crippen LogP contribution is 2.32. The highest BCUT2D eigenvalue weighted by Gasteiger charge is 2.24. The zero-order valence-corrected chi connectivity index (χ0v) is 17.6. The maximum atomic E-state index is 14.6. The Balaban J connectivity index is 1.68. The van der Waals surface area contributed by atoms with Crippen LogP contribution in [-0.2, 0) is 4.74 Å². The van der Waals surface area contributed by atoms with Crippen LogP contribution in [0.1, 0.15) is 42.6 Å². The summed E-state index contributed by atoms with van der Waals surface area (Å²) in [6.07, 6.45) is 0.0314. The van der Waals surface area contributed by atoms with E-state index in [-0.39, 0.29) is 11.7 Å². The van der Waals surface area contributed by atoms with Crippen molar-refractivity contribution < 1.29 is 17.9 Å². The molecule has 31 heavy (non-hydrogen) atoms. The standard InChI is InChI=1S/C22H24F3N5O/c1-12(16-5-4-6-17(19(16)23)21(24)25)27-22-18-9-14(30-8-7-15(11-30)31-3)10-26-20(18)13(2)28-29-22/h4-6,9-10,12,15,21H,7-8,11H2,1-3H3,(H,27,29)/t12-,15?/m1/s1. The molecule has 3 aromatic rings. The number of pyridine rings is 1. The number of anilines is 2. The van der Waals surface area contributed by atoms with Crippen LogP contribution in [0.4, 0.5) is 24.7 Å². The normalized spacial score (nSPS) is 17.5. The lowest BCUT2D eigenvalue weighted by Crippen LogP contribution is -2.22. The lowest BCUT2D eigenvalue weighted by Gasteiger charge is -2.21. The van der Waals surface area contributed by atoms with Crippen LogP contribution in [0, 0.1) is 12.7 Å². The zero-order chi connectivity index (χ0) is 22.1. The Hall–Kier alpha value is -2.94. The number of rotatable bonds is 6. The summed E-state index contributed by atoms with van der Waals surface area (Å²) in [4.78, 5) is 6.76. The minimum Gasteiger partial charge on any atom is -0.380 e. The number of aromatic nitrogens is 3. The Kier molecular flexibility index (Phi) is 5.95. The number of ether oxygens (including phenoxy) is 1. The summed E-state index contributed by atoms with van der Waals surface area (Å²) in [5.74, 6) is -0.491. The average Bonchev–Trinajstić information content (AvgIpc) is 3.25. The smallest absolute Gasteiger partial charge is 0.266 e. The topological polar surface area (TPSA) is 63.2 Å². The molecule has 6 nitrogen and oxygen atoms in total. The van der Waals surface area contributed by atoms with Crippen molar-refractivity contribution in [3.8, 4) is 0 Å². The first-order valence-electron chi connectivity index (χ1n) is 10.1. The molecule has 1 N–H and O–H groups in total. The van der Waals surface area contributed by atoms with Gasteiger partial charge in [-0.25, -0.2) is 13.2 Å². The molecule has 1 aliphatic heterocycles. The molecule has 0 amide bonds. The number of halogens is 3. The Morgan fingerprint density at radius 3 is 2.71 bits per heavy atom. The van der Waals surface area contributed by atoms with Gasteiger partial charge in [-0.05, 0) is 26.3 Å². The quantitative estimate of drug-likeness (QED) is 0.605. The molecule has 1 unspecified atom stereocenters. The van der Waals surface area contributed by atoms with Crippen molar-refractivity contribution in [1.82, 2.24) is 15.2 Å². The van der Waals surface area contributed by atoms with Crippen molar-refractivity contribution in [3.63, 3.8) is 0 Å². The minimum absolute atomic E-state index is 0.139. The van der Waals surface area contributed by atoms with E-state index in [0.29, 0.717) is 17.0 Å². The minimum atomic E-state index is -2.88. The predicted molar refractivity (Wildman–Crippen MR) is 113 cm³/mol. The van der Waals surface area contributed by atoms with Crippen molar-refractivity contribution in [2.24, 2.45) is 0 Å². The van der Waals surface area contributed by atoms with Gasteiger partial charge >= 0.3 is 0 Å². The molecule has 2 atom stereocenters. The Bertz CT molecular complexity index is 1090. The third kappa shape index (κ3) is 4.14. The lowest BCUT2D eigenvalue weighted by atomic mass is 10.0. The van der Waals surface area contributed by atoms with Gasteiger partial charge in [0, 0.05) is 31.1 Å². The van der Waals surface area contributed by atoms with Gasteiger partial charge in [-0.2, -0.15) is 5.10 Å². The SMILES string of the molecule is COC1CCN(c2cnc3c(C)nnc(N[C@H](C)c4cccc(C(F)F)c4F)c3c2)C1. The Labute approximate surface area is 178 Å². The van der Waals surface area contributed by atoms with Crippen molar-refractivity contribution in [3.05, 3.63) is 53.1 Å². The Morgan fingerprint density at radius 2 is 2.00 bits per heavy atom. The van der Waals surface area contributed by atoms with Gasteiger partial charge in [0.15, 0.2) is 5.82 Å². The van der Waals surface area contributed by atoms with Gasteiger partial charge in [0.1, 0.15) is 5.82 Å². The molecule has 1 aromatic carbocycles. The first kappa shape index (κ1) is 21.3. The number of nitrogens with one attached hydrogen (secondary N) is 1. The fourth-order valence-electron chi connectivity index (χ4n) is 3.94. The maximum Gasteiger partial charge on any atom is 0.266 e. The molecule has 9 heteroatoms. The van der Waals surface area contributed by atoms with Crippen LogP contribution in [0.15, 0.2) is 30.5 Å². The van der Waals surface area contributed by atoms with E-state index in [0.717, 1.165) is 36.7 Å². The van der Waals surface area contributed by atoms with E-state index in [4.69, 9.17) is 4.74 Å². The van der Waals surface area contributed by atoms with Crippen molar-refractivity contribution in [2.45, 2.75) is 38.8 Å². The Morgan fingerprint density at radius 1 is 1.23 bits per heavy atom. The number of benzene rings is 1. The van der Waals surface area contributed by atoms with Crippen LogP contribution in [0.3, 0.4) is 0 Å². The second kappa shape index (κ2) is 8.66. The molecule has 1 aliphatic rings. The van der Waals surface area contributed by atoms with Crippen LogP contribution < -0.4 is 10.2 Å². The number of aryl methyl sites for hydroxylation is 1. The highest BCUT2D eigenvalue weighted by molar-refractivity contribution is 5.92. The number of nitrogens with zero attached hydrogens (tertiary/aromatic N) is 4. The van der Waals surface area contributed by atoms with Crippen LogP contribution in [-0.4, -0.2) is 41.5 Å². The fourth-order valence-corrected chi connectivity index (χ4v) is 3.94. The molecule has 0 bridgehead atoms. The summed E-state index contributed by atoms with van der Waals surface area (Å²) < 4.78 is 46.2. The molecular weight excluding hydrogens is 407 g/mol. The molecule has 2 aromatic heterocycles. The molecule has 0 spiro atoms. The monoisotopic (exact) mass is 431 g/mol. The van der Waals surface area contributed by atoms with Gasteiger partial charge in [0.25, 0.3) is 6.43 Å². The molecule has 1 saturated heterocycles. The molecule has 4 rings (SSSR count). The molecule has 0 radical (unpaired) electrons. The zero-order valence-electron chi connectivity index (χ0n) is 17.6. The molecule has 3 heterocycles. The summed E-state index contributed by atoms with van der Waals surface area (Å²) in [5, 5.41) is 12.3. The van der Waals surface area contributed by atoms with Crippen LogP contribution >= 0.6 is 0 Å². The lowest BCUT2D eigenvalue weighted by molar-refractivity contribution is 0.121. The third-order valence-electron chi connectivity index (χ3n) is 5.73. The van der Waals surface area contributed by atoms with Gasteiger partial charge in [0.05, 0.1) is 40.8 Å². The van der Waals surface area contributed by atoms with E-state index in [2.05, 4.69) is 25.4 Å². The van der Waals surface area contributed by atoms with E-state index >= 15 is 0 Å². The summed E-state index contributed by atoms with van der Waals surface area (Å²) in [7, 11) is 1.71.